The van der Waals surface area contributed by atoms with Gasteiger partial charge >= 0.3 is 5.97 Å². The Morgan fingerprint density at radius 3 is 2.35 bits per heavy atom. The number of rotatable bonds is 8. The van der Waals surface area contributed by atoms with Crippen LogP contribution in [0.15, 0.2) is 29.2 Å². The number of ether oxygens (including phenoxy) is 2. The minimum Gasteiger partial charge on any atom is -0.450 e. The van der Waals surface area contributed by atoms with Crippen molar-refractivity contribution in [1.82, 2.24) is 0 Å². The molecule has 0 bridgehead atoms. The number of esters is 1. The molecule has 0 heterocycles. The van der Waals surface area contributed by atoms with E-state index in [1.807, 2.05) is 0 Å². The van der Waals surface area contributed by atoms with Crippen LogP contribution in [0.4, 0.5) is 0 Å². The van der Waals surface area contributed by atoms with Gasteiger partial charge in [-0.1, -0.05) is 12.1 Å². The van der Waals surface area contributed by atoms with Crippen molar-refractivity contribution in [3.63, 3.8) is 0 Å². The van der Waals surface area contributed by atoms with E-state index in [9.17, 15) is 13.8 Å². The molecule has 2 rings (SSSR count). The molecule has 1 saturated carbocycles. The van der Waals surface area contributed by atoms with Crippen LogP contribution in [0.25, 0.3) is 0 Å². The Hall–Kier alpha value is -1.53. The highest BCUT2D eigenvalue weighted by molar-refractivity contribution is 7.84. The van der Waals surface area contributed by atoms with E-state index in [0.717, 1.165) is 12.8 Å². The first-order valence-corrected chi connectivity index (χ1v) is 9.13. The molecule has 1 aliphatic rings. The van der Waals surface area contributed by atoms with Crippen LogP contribution in [0.3, 0.4) is 0 Å². The molecule has 0 radical (unpaired) electrons. The Balaban J connectivity index is 1.92. The van der Waals surface area contributed by atoms with Gasteiger partial charge in [0, 0.05) is 27.5 Å². The van der Waals surface area contributed by atoms with Gasteiger partial charge in [-0.2, -0.15) is 0 Å². The van der Waals surface area contributed by atoms with Crippen molar-refractivity contribution in [2.24, 2.45) is 5.92 Å². The first-order valence-electron chi connectivity index (χ1n) is 7.57. The molecule has 0 spiro atoms. The van der Waals surface area contributed by atoms with Crippen molar-refractivity contribution < 1.29 is 23.3 Å². The van der Waals surface area contributed by atoms with Gasteiger partial charge in [-0.05, 0) is 44.7 Å². The summed E-state index contributed by atoms with van der Waals surface area (Å²) >= 11 is 0. The molecule has 1 atom stereocenters. The van der Waals surface area contributed by atoms with Crippen molar-refractivity contribution in [2.45, 2.75) is 37.2 Å². The molecule has 126 valence electrons. The van der Waals surface area contributed by atoms with E-state index in [1.165, 1.54) is 0 Å². The van der Waals surface area contributed by atoms with Crippen LogP contribution in [0, 0.1) is 5.92 Å². The normalized spacial score (nSPS) is 16.0. The van der Waals surface area contributed by atoms with Gasteiger partial charge in [0.2, 0.25) is 5.78 Å². The smallest absolute Gasteiger partial charge is 0.333 e. The second-order valence-corrected chi connectivity index (χ2v) is 7.63. The van der Waals surface area contributed by atoms with Crippen LogP contribution in [0.1, 0.15) is 37.0 Å². The van der Waals surface area contributed by atoms with Gasteiger partial charge in [0.15, 0.2) is 5.60 Å². The summed E-state index contributed by atoms with van der Waals surface area (Å²) in [6, 6.07) is 6.47. The molecule has 1 unspecified atom stereocenters. The number of ketones is 1. The monoisotopic (exact) mass is 338 g/mol. The minimum atomic E-state index is -1.27. The Morgan fingerprint density at radius 1 is 1.22 bits per heavy atom. The van der Waals surface area contributed by atoms with Crippen LogP contribution in [0.5, 0.6) is 0 Å². The molecule has 1 aliphatic carbocycles. The van der Waals surface area contributed by atoms with Gasteiger partial charge < -0.3 is 9.47 Å². The van der Waals surface area contributed by atoms with Crippen LogP contribution in [-0.2, 0) is 25.1 Å². The summed E-state index contributed by atoms with van der Waals surface area (Å²) < 4.78 is 21.9. The van der Waals surface area contributed by atoms with E-state index in [2.05, 4.69) is 0 Å². The van der Waals surface area contributed by atoms with Crippen molar-refractivity contribution >= 4 is 22.6 Å². The molecule has 0 aliphatic heterocycles. The summed E-state index contributed by atoms with van der Waals surface area (Å²) in [6.07, 6.45) is 3.87. The van der Waals surface area contributed by atoms with Gasteiger partial charge in [0.1, 0.15) is 6.61 Å². The first-order chi connectivity index (χ1) is 10.8. The second kappa shape index (κ2) is 7.36. The first kappa shape index (κ1) is 17.8. The lowest BCUT2D eigenvalue weighted by Crippen LogP contribution is -2.38. The molecule has 5 nitrogen and oxygen atoms in total. The second-order valence-electron chi connectivity index (χ2n) is 6.25. The number of Topliss-reactive ketones (excluding diaryl/α,β-unsaturated/α-hetero) is 1. The highest BCUT2D eigenvalue weighted by atomic mass is 32.2. The Labute approximate surface area is 138 Å². The molecule has 23 heavy (non-hydrogen) atoms. The number of hydrogen-bond donors (Lipinski definition) is 0. The fourth-order valence-corrected chi connectivity index (χ4v) is 2.62. The zero-order chi connectivity index (χ0) is 17.0. The third-order valence-electron chi connectivity index (χ3n) is 3.63. The fraction of sp³-hybridized carbons (Fsp3) is 0.529. The van der Waals surface area contributed by atoms with Gasteiger partial charge in [0.05, 0.1) is 6.61 Å². The topological polar surface area (TPSA) is 69.7 Å². The Morgan fingerprint density at radius 2 is 1.83 bits per heavy atom. The van der Waals surface area contributed by atoms with Crippen molar-refractivity contribution in [2.75, 3.05) is 19.5 Å². The van der Waals surface area contributed by atoms with E-state index in [-0.39, 0.29) is 12.4 Å². The average Bonchev–Trinajstić information content (AvgIpc) is 3.30. The number of carbonyl (C=O) groups excluding carboxylic acids is 2. The molecule has 6 heteroatoms. The number of hydrogen-bond acceptors (Lipinski definition) is 5. The van der Waals surface area contributed by atoms with Gasteiger partial charge in [-0.25, -0.2) is 4.79 Å². The molecule has 1 fully saturated rings. The van der Waals surface area contributed by atoms with E-state index in [0.29, 0.717) is 23.0 Å². The maximum atomic E-state index is 12.5. The molecule has 1 aromatic rings. The van der Waals surface area contributed by atoms with Crippen LogP contribution < -0.4 is 0 Å². The van der Waals surface area contributed by atoms with Crippen molar-refractivity contribution in [1.29, 1.82) is 0 Å². The Bertz CT molecular complexity index is 602. The number of carbonyl (C=O) groups is 2. The Kier molecular flexibility index (Phi) is 5.70. The van der Waals surface area contributed by atoms with Crippen LogP contribution in [-0.4, -0.2) is 41.0 Å². The lowest BCUT2D eigenvalue weighted by Gasteiger charge is -2.23. The standard InChI is InChI=1S/C17H22O5S/c1-17(2,22-15(18)11-21-10-12-4-5-12)16(19)13-6-8-14(9-7-13)23(3)20/h6-9,12H,4-5,10-11H2,1-3H3. The van der Waals surface area contributed by atoms with Crippen molar-refractivity contribution in [3.05, 3.63) is 29.8 Å². The average molecular weight is 338 g/mol. The SMILES string of the molecule is CS(=O)c1ccc(C(=O)C(C)(C)OC(=O)COCC2CC2)cc1. The summed E-state index contributed by atoms with van der Waals surface area (Å²) in [5, 5.41) is 0. The van der Waals surface area contributed by atoms with Crippen LogP contribution >= 0.6 is 0 Å². The zero-order valence-corrected chi connectivity index (χ0v) is 14.5. The maximum absolute atomic E-state index is 12.5. The molecule has 1 aromatic carbocycles. The third-order valence-corrected chi connectivity index (χ3v) is 4.57. The third kappa shape index (κ3) is 5.25. The number of benzene rings is 1. The maximum Gasteiger partial charge on any atom is 0.333 e. The summed E-state index contributed by atoms with van der Waals surface area (Å²) in [4.78, 5) is 24.9. The van der Waals surface area contributed by atoms with E-state index in [1.54, 1.807) is 44.4 Å². The summed E-state index contributed by atoms with van der Waals surface area (Å²) in [5.41, 5.74) is -0.858. The zero-order valence-electron chi connectivity index (χ0n) is 13.7. The lowest BCUT2D eigenvalue weighted by molar-refractivity contribution is -0.158. The molecule has 0 amide bonds. The lowest BCUT2D eigenvalue weighted by atomic mass is 9.96. The molecule has 0 N–H and O–H groups in total. The van der Waals surface area contributed by atoms with Gasteiger partial charge in [-0.15, -0.1) is 0 Å². The summed E-state index contributed by atoms with van der Waals surface area (Å²) in [7, 11) is -1.10. The fourth-order valence-electron chi connectivity index (χ4n) is 2.10. The minimum absolute atomic E-state index is 0.138. The van der Waals surface area contributed by atoms with E-state index < -0.39 is 22.4 Å². The molecular formula is C17H22O5S. The summed E-state index contributed by atoms with van der Waals surface area (Å²) in [6.45, 7) is 3.54. The predicted octanol–water partition coefficient (Wildman–Crippen LogP) is 2.36. The quantitative estimate of drug-likeness (QED) is 0.537. The van der Waals surface area contributed by atoms with Crippen molar-refractivity contribution in [3.8, 4) is 0 Å². The van der Waals surface area contributed by atoms with E-state index >= 15 is 0 Å². The highest BCUT2D eigenvalue weighted by Crippen LogP contribution is 2.28. The molecule has 0 aromatic heterocycles. The molecule has 0 saturated heterocycles. The van der Waals surface area contributed by atoms with Gasteiger partial charge in [0.25, 0.3) is 0 Å². The molecular weight excluding hydrogens is 316 g/mol. The largest absolute Gasteiger partial charge is 0.450 e. The van der Waals surface area contributed by atoms with Crippen LogP contribution in [0.2, 0.25) is 0 Å². The van der Waals surface area contributed by atoms with E-state index in [4.69, 9.17) is 9.47 Å². The summed E-state index contributed by atoms with van der Waals surface area (Å²) in [5.74, 6) is -0.281. The van der Waals surface area contributed by atoms with Gasteiger partial charge in [-0.3, -0.25) is 9.00 Å². The predicted molar refractivity (Wildman–Crippen MR) is 86.8 cm³/mol. The highest BCUT2D eigenvalue weighted by Gasteiger charge is 2.33.